The van der Waals surface area contributed by atoms with Crippen molar-refractivity contribution in [2.45, 2.75) is 14.7 Å². The van der Waals surface area contributed by atoms with Gasteiger partial charge in [0.1, 0.15) is 0 Å². The molecule has 0 aromatic heterocycles. The number of amides is 2. The summed E-state index contributed by atoms with van der Waals surface area (Å²) in [5.74, 6) is 0.835. The Morgan fingerprint density at radius 2 is 1.42 bits per heavy atom. The second kappa shape index (κ2) is 7.89. The van der Waals surface area contributed by atoms with Crippen LogP contribution < -0.4 is 10.2 Å². The topological polar surface area (TPSA) is 32.3 Å². The van der Waals surface area contributed by atoms with Crippen molar-refractivity contribution in [1.82, 2.24) is 5.32 Å². The Kier molecular flexibility index (Phi) is 5.18. The number of rotatable bonds is 4. The molecule has 0 aliphatic carbocycles. The molecule has 1 N–H and O–H groups in total. The maximum Gasteiger partial charge on any atom is 0.326 e. The summed E-state index contributed by atoms with van der Waals surface area (Å²) in [6.45, 7) is 0.617. The van der Waals surface area contributed by atoms with E-state index in [0.29, 0.717) is 6.54 Å². The van der Waals surface area contributed by atoms with Gasteiger partial charge in [-0.2, -0.15) is 0 Å². The monoisotopic (exact) mass is 378 g/mol. The third-order valence-corrected chi connectivity index (χ3v) is 6.17. The van der Waals surface area contributed by atoms with Crippen LogP contribution >= 0.6 is 23.5 Å². The predicted octanol–water partition coefficient (Wildman–Crippen LogP) is 5.79. The van der Waals surface area contributed by atoms with E-state index in [2.05, 4.69) is 29.6 Å². The summed E-state index contributed by atoms with van der Waals surface area (Å²) in [4.78, 5) is 18.1. The maximum atomic E-state index is 12.9. The zero-order valence-electron chi connectivity index (χ0n) is 14.1. The summed E-state index contributed by atoms with van der Waals surface area (Å²) >= 11 is 3.45. The van der Waals surface area contributed by atoms with Crippen LogP contribution in [0.4, 0.5) is 16.2 Å². The fourth-order valence-electron chi connectivity index (χ4n) is 2.85. The largest absolute Gasteiger partial charge is 0.337 e. The van der Waals surface area contributed by atoms with Gasteiger partial charge in [-0.3, -0.25) is 4.90 Å². The molecule has 1 aliphatic rings. The summed E-state index contributed by atoms with van der Waals surface area (Å²) in [5.41, 5.74) is 1.87. The average Bonchev–Trinajstić information content (AvgIpc) is 2.70. The highest BCUT2D eigenvalue weighted by atomic mass is 32.2. The first-order valence-electron chi connectivity index (χ1n) is 8.44. The van der Waals surface area contributed by atoms with Crippen LogP contribution in [-0.4, -0.2) is 18.3 Å². The van der Waals surface area contributed by atoms with Crippen LogP contribution in [0.15, 0.2) is 93.5 Å². The van der Waals surface area contributed by atoms with Crippen molar-refractivity contribution in [1.29, 1.82) is 0 Å². The van der Waals surface area contributed by atoms with Crippen LogP contribution in [0.25, 0.3) is 0 Å². The number of hydrogen-bond acceptors (Lipinski definition) is 3. The van der Waals surface area contributed by atoms with Crippen LogP contribution in [0.2, 0.25) is 0 Å². The molecule has 2 amide bonds. The molecule has 26 heavy (non-hydrogen) atoms. The number of nitrogens with one attached hydrogen (secondary N) is 1. The van der Waals surface area contributed by atoms with Crippen LogP contribution in [0.5, 0.6) is 0 Å². The number of thioether (sulfide) groups is 1. The molecule has 0 fully saturated rings. The lowest BCUT2D eigenvalue weighted by molar-refractivity contribution is 0.249. The minimum Gasteiger partial charge on any atom is -0.337 e. The van der Waals surface area contributed by atoms with E-state index in [1.54, 1.807) is 28.4 Å². The number of hydrogen-bond donors (Lipinski definition) is 1. The standard InChI is InChI=1S/C21H18N2OS2/c24-21(22-14-15-25-16-8-2-1-3-9-16)23-17-10-4-6-12-19(17)26-20-13-7-5-11-18(20)23/h1-13H,14-15H2,(H,22,24). The first-order chi connectivity index (χ1) is 12.8. The van der Waals surface area contributed by atoms with Crippen molar-refractivity contribution >= 4 is 40.9 Å². The Morgan fingerprint density at radius 3 is 2.08 bits per heavy atom. The molecule has 3 nitrogen and oxygen atoms in total. The number of carbonyl (C=O) groups is 1. The quantitative estimate of drug-likeness (QED) is 0.460. The Bertz CT molecular complexity index is 869. The van der Waals surface area contributed by atoms with E-state index in [9.17, 15) is 4.79 Å². The molecule has 3 aromatic rings. The van der Waals surface area contributed by atoms with Crippen molar-refractivity contribution in [2.24, 2.45) is 0 Å². The third kappa shape index (κ3) is 3.59. The molecular weight excluding hydrogens is 360 g/mol. The summed E-state index contributed by atoms with van der Waals surface area (Å²) in [6, 6.07) is 26.2. The summed E-state index contributed by atoms with van der Waals surface area (Å²) in [7, 11) is 0. The number of carbonyl (C=O) groups excluding carboxylic acids is 1. The molecular formula is C21H18N2OS2. The first kappa shape index (κ1) is 17.1. The molecule has 5 heteroatoms. The van der Waals surface area contributed by atoms with Gasteiger partial charge in [-0.1, -0.05) is 54.2 Å². The van der Waals surface area contributed by atoms with E-state index in [1.807, 2.05) is 54.6 Å². The van der Waals surface area contributed by atoms with Gasteiger partial charge in [-0.15, -0.1) is 11.8 Å². The number of benzene rings is 3. The summed E-state index contributed by atoms with van der Waals surface area (Å²) in [5, 5.41) is 3.06. The molecule has 0 saturated heterocycles. The van der Waals surface area contributed by atoms with Gasteiger partial charge in [0.05, 0.1) is 11.4 Å². The number of para-hydroxylation sites is 2. The van der Waals surface area contributed by atoms with Gasteiger partial charge in [0.15, 0.2) is 0 Å². The Labute approximate surface area is 161 Å². The van der Waals surface area contributed by atoms with Gasteiger partial charge in [-0.05, 0) is 36.4 Å². The zero-order valence-corrected chi connectivity index (χ0v) is 15.7. The second-order valence-corrected chi connectivity index (χ2v) is 8.02. The van der Waals surface area contributed by atoms with Crippen LogP contribution in [-0.2, 0) is 0 Å². The van der Waals surface area contributed by atoms with Crippen molar-refractivity contribution in [3.63, 3.8) is 0 Å². The van der Waals surface area contributed by atoms with Crippen molar-refractivity contribution < 1.29 is 4.79 Å². The molecule has 1 heterocycles. The van der Waals surface area contributed by atoms with E-state index >= 15 is 0 Å². The van der Waals surface area contributed by atoms with Gasteiger partial charge >= 0.3 is 6.03 Å². The van der Waals surface area contributed by atoms with Gasteiger partial charge < -0.3 is 5.32 Å². The normalized spacial score (nSPS) is 12.2. The first-order valence-corrected chi connectivity index (χ1v) is 10.2. The zero-order chi connectivity index (χ0) is 17.8. The molecule has 0 bridgehead atoms. The summed E-state index contributed by atoms with van der Waals surface area (Å²) in [6.07, 6.45) is 0. The van der Waals surface area contributed by atoms with Gasteiger partial charge in [0.2, 0.25) is 0 Å². The lowest BCUT2D eigenvalue weighted by Gasteiger charge is -2.31. The molecule has 0 radical (unpaired) electrons. The van der Waals surface area contributed by atoms with Crippen molar-refractivity contribution in [3.8, 4) is 0 Å². The fourth-order valence-corrected chi connectivity index (χ4v) is 4.69. The third-order valence-electron chi connectivity index (χ3n) is 4.03. The van der Waals surface area contributed by atoms with Gasteiger partial charge in [0, 0.05) is 27.0 Å². The summed E-state index contributed by atoms with van der Waals surface area (Å²) < 4.78 is 0. The van der Waals surface area contributed by atoms with Gasteiger partial charge in [0.25, 0.3) is 0 Å². The molecule has 4 rings (SSSR count). The van der Waals surface area contributed by atoms with E-state index in [0.717, 1.165) is 26.9 Å². The minimum atomic E-state index is -0.0844. The van der Waals surface area contributed by atoms with Crippen LogP contribution in [0, 0.1) is 0 Å². The molecule has 0 spiro atoms. The van der Waals surface area contributed by atoms with E-state index in [-0.39, 0.29) is 6.03 Å². The highest BCUT2D eigenvalue weighted by Crippen LogP contribution is 2.47. The Morgan fingerprint density at radius 1 is 0.846 bits per heavy atom. The molecule has 130 valence electrons. The number of anilines is 2. The Hall–Kier alpha value is -2.37. The average molecular weight is 379 g/mol. The highest BCUT2D eigenvalue weighted by molar-refractivity contribution is 7.99. The maximum absolute atomic E-state index is 12.9. The van der Waals surface area contributed by atoms with E-state index < -0.39 is 0 Å². The molecule has 0 saturated carbocycles. The number of nitrogens with zero attached hydrogens (tertiary/aromatic N) is 1. The van der Waals surface area contributed by atoms with Crippen LogP contribution in [0.3, 0.4) is 0 Å². The lowest BCUT2D eigenvalue weighted by Crippen LogP contribution is -2.39. The minimum absolute atomic E-state index is 0.0844. The van der Waals surface area contributed by atoms with Gasteiger partial charge in [-0.25, -0.2) is 4.79 Å². The second-order valence-electron chi connectivity index (χ2n) is 5.77. The smallest absolute Gasteiger partial charge is 0.326 e. The lowest BCUT2D eigenvalue weighted by atomic mass is 10.2. The van der Waals surface area contributed by atoms with E-state index in [4.69, 9.17) is 0 Å². The van der Waals surface area contributed by atoms with Crippen molar-refractivity contribution in [3.05, 3.63) is 78.9 Å². The fraction of sp³-hybridized carbons (Fsp3) is 0.0952. The molecule has 1 aliphatic heterocycles. The predicted molar refractivity (Wildman–Crippen MR) is 110 cm³/mol. The molecule has 0 unspecified atom stereocenters. The molecule has 3 aromatic carbocycles. The number of urea groups is 1. The molecule has 0 atom stereocenters. The van der Waals surface area contributed by atoms with Crippen molar-refractivity contribution in [2.75, 3.05) is 17.2 Å². The van der Waals surface area contributed by atoms with E-state index in [1.165, 1.54) is 4.90 Å². The van der Waals surface area contributed by atoms with Crippen LogP contribution in [0.1, 0.15) is 0 Å². The number of fused-ring (bicyclic) bond motifs is 2. The Balaban J connectivity index is 1.47. The SMILES string of the molecule is O=C(NCCSc1ccccc1)N1c2ccccc2Sc2ccccc21. The highest BCUT2D eigenvalue weighted by Gasteiger charge is 2.27.